The van der Waals surface area contributed by atoms with E-state index in [-0.39, 0.29) is 5.91 Å². The monoisotopic (exact) mass is 381 g/mol. The van der Waals surface area contributed by atoms with Crippen LogP contribution in [0.4, 0.5) is 5.69 Å². The fraction of sp³-hybridized carbons (Fsp3) is 0.409. The molecule has 2 aromatic rings. The fourth-order valence-electron chi connectivity index (χ4n) is 4.08. The third-order valence-electron chi connectivity index (χ3n) is 5.73. The molecular formula is C22H27N3O3. The van der Waals surface area contributed by atoms with Gasteiger partial charge in [0.15, 0.2) is 0 Å². The molecule has 2 saturated heterocycles. The number of carbonyl (C=O) groups is 1. The van der Waals surface area contributed by atoms with Gasteiger partial charge >= 0.3 is 0 Å². The smallest absolute Gasteiger partial charge is 0.252 e. The first kappa shape index (κ1) is 18.9. The molecule has 0 radical (unpaired) electrons. The number of aliphatic hydroxyl groups is 1. The van der Waals surface area contributed by atoms with E-state index in [1.807, 2.05) is 54.6 Å². The van der Waals surface area contributed by atoms with Gasteiger partial charge in [0.05, 0.1) is 24.9 Å². The number of amides is 1. The zero-order valence-electron chi connectivity index (χ0n) is 15.9. The first-order valence-electron chi connectivity index (χ1n) is 9.89. The molecule has 2 aromatic carbocycles. The van der Waals surface area contributed by atoms with E-state index in [0.29, 0.717) is 18.5 Å². The van der Waals surface area contributed by atoms with Crippen molar-refractivity contribution >= 4 is 11.6 Å². The number of hydrogen-bond donors (Lipinski definition) is 3. The lowest BCUT2D eigenvalue weighted by Crippen LogP contribution is -2.61. The molecule has 1 amide bonds. The number of aliphatic hydroxyl groups excluding tert-OH is 1. The summed E-state index contributed by atoms with van der Waals surface area (Å²) in [6, 6.07) is 17.4. The maximum Gasteiger partial charge on any atom is 0.252 e. The van der Waals surface area contributed by atoms with E-state index in [9.17, 15) is 9.90 Å². The molecule has 6 nitrogen and oxygen atoms in total. The van der Waals surface area contributed by atoms with Gasteiger partial charge < -0.3 is 25.4 Å². The normalized spacial score (nSPS) is 25.3. The van der Waals surface area contributed by atoms with Crippen molar-refractivity contribution in [1.82, 2.24) is 10.6 Å². The minimum Gasteiger partial charge on any atom is -0.389 e. The Bertz CT molecular complexity index is 790. The van der Waals surface area contributed by atoms with Crippen molar-refractivity contribution in [3.05, 3.63) is 65.7 Å². The summed E-state index contributed by atoms with van der Waals surface area (Å²) in [4.78, 5) is 15.3. The SMILES string of the molecule is O=C(N[C@]1(c2ccccc2)CCNC[C@H]1O)c1ccc(N2CCOCC2)cc1. The molecule has 0 aliphatic carbocycles. The molecule has 0 saturated carbocycles. The maximum atomic E-state index is 13.0. The van der Waals surface area contributed by atoms with E-state index in [4.69, 9.17) is 4.74 Å². The van der Waals surface area contributed by atoms with Crippen LogP contribution in [0.3, 0.4) is 0 Å². The largest absolute Gasteiger partial charge is 0.389 e. The van der Waals surface area contributed by atoms with Gasteiger partial charge in [0.25, 0.3) is 5.91 Å². The van der Waals surface area contributed by atoms with Crippen LogP contribution in [0.1, 0.15) is 22.3 Å². The van der Waals surface area contributed by atoms with Crippen LogP contribution >= 0.6 is 0 Å². The molecule has 2 aliphatic heterocycles. The summed E-state index contributed by atoms with van der Waals surface area (Å²) in [6.45, 7) is 4.37. The zero-order chi connectivity index (χ0) is 19.4. The predicted molar refractivity (Wildman–Crippen MR) is 109 cm³/mol. The molecule has 2 fully saturated rings. The minimum atomic E-state index is -0.785. The Balaban J connectivity index is 1.54. The van der Waals surface area contributed by atoms with Gasteiger partial charge in [0.2, 0.25) is 0 Å². The van der Waals surface area contributed by atoms with Crippen molar-refractivity contribution in [3.63, 3.8) is 0 Å². The van der Waals surface area contributed by atoms with E-state index >= 15 is 0 Å². The van der Waals surface area contributed by atoms with E-state index in [1.54, 1.807) is 0 Å². The number of rotatable bonds is 4. The Kier molecular flexibility index (Phi) is 5.62. The number of ether oxygens (including phenoxy) is 1. The minimum absolute atomic E-state index is 0.168. The second kappa shape index (κ2) is 8.31. The summed E-state index contributed by atoms with van der Waals surface area (Å²) >= 11 is 0. The van der Waals surface area contributed by atoms with Gasteiger partial charge in [0, 0.05) is 30.9 Å². The molecule has 0 unspecified atom stereocenters. The van der Waals surface area contributed by atoms with Gasteiger partial charge in [0.1, 0.15) is 0 Å². The highest BCUT2D eigenvalue weighted by Crippen LogP contribution is 2.31. The van der Waals surface area contributed by atoms with Crippen molar-refractivity contribution < 1.29 is 14.6 Å². The lowest BCUT2D eigenvalue weighted by molar-refractivity contribution is 0.0289. The van der Waals surface area contributed by atoms with Crippen LogP contribution < -0.4 is 15.5 Å². The first-order valence-corrected chi connectivity index (χ1v) is 9.89. The number of β-amino-alcohol motifs (C(OH)–C–C–N with tert-alkyl or cyclic N) is 1. The van der Waals surface area contributed by atoms with Gasteiger partial charge in [-0.3, -0.25) is 4.79 Å². The molecular weight excluding hydrogens is 354 g/mol. The third kappa shape index (κ3) is 3.76. The van der Waals surface area contributed by atoms with E-state index in [2.05, 4.69) is 15.5 Å². The molecule has 2 atom stereocenters. The van der Waals surface area contributed by atoms with Gasteiger partial charge in [-0.05, 0) is 42.8 Å². The average molecular weight is 381 g/mol. The summed E-state index contributed by atoms with van der Waals surface area (Å²) in [5.41, 5.74) is 1.84. The number of piperidine rings is 1. The summed E-state index contributed by atoms with van der Waals surface area (Å²) in [6.07, 6.45) is -0.0595. The van der Waals surface area contributed by atoms with Crippen LogP contribution in [0.2, 0.25) is 0 Å². The Morgan fingerprint density at radius 3 is 2.50 bits per heavy atom. The highest BCUT2D eigenvalue weighted by molar-refractivity contribution is 5.95. The van der Waals surface area contributed by atoms with Gasteiger partial charge in [-0.15, -0.1) is 0 Å². The van der Waals surface area contributed by atoms with E-state index < -0.39 is 11.6 Å². The summed E-state index contributed by atoms with van der Waals surface area (Å²) in [7, 11) is 0. The first-order chi connectivity index (χ1) is 13.7. The summed E-state index contributed by atoms with van der Waals surface area (Å²) < 4.78 is 5.40. The van der Waals surface area contributed by atoms with Gasteiger partial charge in [-0.25, -0.2) is 0 Å². The molecule has 0 aromatic heterocycles. The molecule has 6 heteroatoms. The molecule has 28 heavy (non-hydrogen) atoms. The Morgan fingerprint density at radius 1 is 1.11 bits per heavy atom. The van der Waals surface area contributed by atoms with Crippen molar-refractivity contribution in [2.75, 3.05) is 44.3 Å². The van der Waals surface area contributed by atoms with Crippen molar-refractivity contribution in [3.8, 4) is 0 Å². The molecule has 148 valence electrons. The van der Waals surface area contributed by atoms with E-state index in [0.717, 1.165) is 44.1 Å². The van der Waals surface area contributed by atoms with Crippen LogP contribution in [0.5, 0.6) is 0 Å². The number of anilines is 1. The number of carbonyl (C=O) groups excluding carboxylic acids is 1. The summed E-state index contributed by atoms with van der Waals surface area (Å²) in [5.74, 6) is -0.168. The van der Waals surface area contributed by atoms with Crippen molar-refractivity contribution in [2.45, 2.75) is 18.1 Å². The second-order valence-electron chi connectivity index (χ2n) is 7.41. The molecule has 0 bridgehead atoms. The Morgan fingerprint density at radius 2 is 1.82 bits per heavy atom. The number of morpholine rings is 1. The van der Waals surface area contributed by atoms with Crippen LogP contribution in [0.15, 0.2) is 54.6 Å². The summed E-state index contributed by atoms with van der Waals surface area (Å²) in [5, 5.41) is 17.1. The topological polar surface area (TPSA) is 73.8 Å². The Labute approximate surface area is 165 Å². The number of nitrogens with zero attached hydrogens (tertiary/aromatic N) is 1. The van der Waals surface area contributed by atoms with E-state index in [1.165, 1.54) is 0 Å². The highest BCUT2D eigenvalue weighted by atomic mass is 16.5. The molecule has 4 rings (SSSR count). The standard InChI is InChI=1S/C22H27N3O3/c26-20-16-23-11-10-22(20,18-4-2-1-3-5-18)24-21(27)17-6-8-19(9-7-17)25-12-14-28-15-13-25/h1-9,20,23,26H,10-16H2,(H,24,27)/t20-,22+/m1/s1. The number of nitrogens with one attached hydrogen (secondary N) is 2. The van der Waals surface area contributed by atoms with Crippen LogP contribution in [0.25, 0.3) is 0 Å². The van der Waals surface area contributed by atoms with Crippen molar-refractivity contribution in [2.24, 2.45) is 0 Å². The molecule has 2 aliphatic rings. The second-order valence-corrected chi connectivity index (χ2v) is 7.41. The predicted octanol–water partition coefficient (Wildman–Crippen LogP) is 1.50. The zero-order valence-corrected chi connectivity index (χ0v) is 15.9. The molecule has 0 spiro atoms. The third-order valence-corrected chi connectivity index (χ3v) is 5.73. The quantitative estimate of drug-likeness (QED) is 0.749. The average Bonchev–Trinajstić information content (AvgIpc) is 2.77. The number of benzene rings is 2. The fourth-order valence-corrected chi connectivity index (χ4v) is 4.08. The van der Waals surface area contributed by atoms with Gasteiger partial charge in [-0.1, -0.05) is 30.3 Å². The van der Waals surface area contributed by atoms with Crippen LogP contribution in [-0.2, 0) is 10.3 Å². The molecule has 2 heterocycles. The van der Waals surface area contributed by atoms with Crippen LogP contribution in [0, 0.1) is 0 Å². The number of hydrogen-bond acceptors (Lipinski definition) is 5. The van der Waals surface area contributed by atoms with Crippen LogP contribution in [-0.4, -0.2) is 56.5 Å². The highest BCUT2D eigenvalue weighted by Gasteiger charge is 2.42. The van der Waals surface area contributed by atoms with Crippen molar-refractivity contribution in [1.29, 1.82) is 0 Å². The maximum absolute atomic E-state index is 13.0. The van der Waals surface area contributed by atoms with Gasteiger partial charge in [-0.2, -0.15) is 0 Å². The molecule has 3 N–H and O–H groups in total. The Hall–Kier alpha value is -2.41. The lowest BCUT2D eigenvalue weighted by atomic mass is 9.79. The lowest BCUT2D eigenvalue weighted by Gasteiger charge is -2.43.